The third kappa shape index (κ3) is 2.25. The van der Waals surface area contributed by atoms with Crippen molar-refractivity contribution in [3.05, 3.63) is 35.4 Å². The van der Waals surface area contributed by atoms with Crippen molar-refractivity contribution in [1.82, 2.24) is 5.06 Å². The van der Waals surface area contributed by atoms with E-state index in [4.69, 9.17) is 0 Å². The van der Waals surface area contributed by atoms with Gasteiger partial charge in [-0.1, -0.05) is 18.2 Å². The molecule has 2 rings (SSSR count). The molecule has 1 aliphatic heterocycles. The van der Waals surface area contributed by atoms with Gasteiger partial charge >= 0.3 is 6.18 Å². The van der Waals surface area contributed by atoms with E-state index in [0.29, 0.717) is 12.8 Å². The molecule has 1 aromatic carbocycles. The minimum Gasteiger partial charge on any atom is -0.166 e. The first-order valence-electron chi connectivity index (χ1n) is 6.23. The molecule has 1 heterocycles. The van der Waals surface area contributed by atoms with E-state index in [1.54, 1.807) is 26.8 Å². The molecule has 0 aliphatic carbocycles. The van der Waals surface area contributed by atoms with Gasteiger partial charge in [-0.25, -0.2) is 0 Å². The van der Waals surface area contributed by atoms with Crippen LogP contribution in [-0.2, 0) is 16.9 Å². The number of hydroxylamine groups is 2. The van der Waals surface area contributed by atoms with Crippen LogP contribution in [0.25, 0.3) is 0 Å². The summed E-state index contributed by atoms with van der Waals surface area (Å²) in [5.74, 6) is 0. The number of hydrogen-bond donors (Lipinski definition) is 0. The van der Waals surface area contributed by atoms with Crippen molar-refractivity contribution in [3.8, 4) is 0 Å². The zero-order chi connectivity index (χ0) is 14.5. The van der Waals surface area contributed by atoms with Gasteiger partial charge in [-0.3, -0.25) is 0 Å². The van der Waals surface area contributed by atoms with E-state index in [9.17, 15) is 18.4 Å². The average molecular weight is 272 g/mol. The maximum absolute atomic E-state index is 13.1. The van der Waals surface area contributed by atoms with E-state index in [0.717, 1.165) is 11.1 Å². The van der Waals surface area contributed by atoms with Gasteiger partial charge in [0.2, 0.25) is 0 Å². The fourth-order valence-corrected chi connectivity index (χ4v) is 2.86. The summed E-state index contributed by atoms with van der Waals surface area (Å²) in [5.41, 5.74) is -2.39. The Morgan fingerprint density at radius 1 is 1.11 bits per heavy atom. The lowest BCUT2D eigenvalue weighted by atomic mass is 9.86. The van der Waals surface area contributed by atoms with E-state index < -0.39 is 22.8 Å². The second-order valence-electron chi connectivity index (χ2n) is 5.92. The van der Waals surface area contributed by atoms with E-state index >= 15 is 0 Å². The van der Waals surface area contributed by atoms with Crippen molar-refractivity contribution >= 4 is 0 Å². The summed E-state index contributed by atoms with van der Waals surface area (Å²) in [6, 6.07) is 5.36. The Labute approximate surface area is 110 Å². The highest BCUT2D eigenvalue weighted by Crippen LogP contribution is 2.49. The van der Waals surface area contributed by atoms with Gasteiger partial charge in [-0.15, -0.1) is 10.3 Å². The Morgan fingerprint density at radius 2 is 1.68 bits per heavy atom. The maximum Gasteiger partial charge on any atom is 0.416 e. The van der Waals surface area contributed by atoms with Crippen LogP contribution in [-0.4, -0.2) is 10.6 Å². The summed E-state index contributed by atoms with van der Waals surface area (Å²) in [5, 5.41) is 13.2. The molecule has 0 bridgehead atoms. The van der Waals surface area contributed by atoms with Gasteiger partial charge in [0.15, 0.2) is 0 Å². The van der Waals surface area contributed by atoms with Crippen LogP contribution in [0, 0.1) is 0 Å². The van der Waals surface area contributed by atoms with E-state index in [2.05, 4.69) is 0 Å². The molecule has 5 heteroatoms. The predicted octanol–water partition coefficient (Wildman–Crippen LogP) is 4.14. The molecule has 1 unspecified atom stereocenters. The van der Waals surface area contributed by atoms with E-state index in [-0.39, 0.29) is 5.56 Å². The van der Waals surface area contributed by atoms with Crippen LogP contribution < -0.4 is 0 Å². The Kier molecular flexibility index (Phi) is 3.18. The van der Waals surface area contributed by atoms with Gasteiger partial charge in [-0.2, -0.15) is 13.2 Å². The second kappa shape index (κ2) is 4.21. The molecule has 1 aliphatic rings. The molecule has 0 N–H and O–H groups in total. The van der Waals surface area contributed by atoms with Crippen LogP contribution in [0.15, 0.2) is 24.3 Å². The van der Waals surface area contributed by atoms with Crippen LogP contribution in [0.4, 0.5) is 13.2 Å². The maximum atomic E-state index is 13.1. The molecule has 1 saturated heterocycles. The average Bonchev–Trinajstić information content (AvgIpc) is 2.53. The molecular formula is C14H17F3NO. The van der Waals surface area contributed by atoms with Gasteiger partial charge in [0.1, 0.15) is 0 Å². The topological polar surface area (TPSA) is 23.1 Å². The zero-order valence-corrected chi connectivity index (χ0v) is 11.2. The molecule has 2 nitrogen and oxygen atoms in total. The number of hydrogen-bond acceptors (Lipinski definition) is 1. The van der Waals surface area contributed by atoms with Crippen LogP contribution >= 0.6 is 0 Å². The first kappa shape index (κ1) is 14.3. The van der Waals surface area contributed by atoms with Gasteiger partial charge in [-0.05, 0) is 45.2 Å². The SMILES string of the molecule is CC1(C)CCC(C)(c2ccccc2C(F)(F)F)N1[O]. The highest BCUT2D eigenvalue weighted by Gasteiger charge is 2.52. The van der Waals surface area contributed by atoms with Gasteiger partial charge in [0, 0.05) is 5.54 Å². The summed E-state index contributed by atoms with van der Waals surface area (Å²) in [7, 11) is 0. The third-order valence-corrected chi connectivity index (χ3v) is 4.03. The zero-order valence-electron chi connectivity index (χ0n) is 11.2. The Hall–Kier alpha value is -1.07. The lowest BCUT2D eigenvalue weighted by Crippen LogP contribution is -2.45. The number of nitrogens with zero attached hydrogens (tertiary/aromatic N) is 1. The fraction of sp³-hybridized carbons (Fsp3) is 0.571. The van der Waals surface area contributed by atoms with Crippen molar-refractivity contribution in [3.63, 3.8) is 0 Å². The monoisotopic (exact) mass is 272 g/mol. The largest absolute Gasteiger partial charge is 0.416 e. The highest BCUT2D eigenvalue weighted by molar-refractivity contribution is 5.36. The van der Waals surface area contributed by atoms with E-state index in [1.165, 1.54) is 12.1 Å². The summed E-state index contributed by atoms with van der Waals surface area (Å²) < 4.78 is 39.2. The highest BCUT2D eigenvalue weighted by atomic mass is 19.4. The number of alkyl halides is 3. The molecule has 105 valence electrons. The minimum atomic E-state index is -4.44. The smallest absolute Gasteiger partial charge is 0.166 e. The molecule has 0 spiro atoms. The Balaban J connectivity index is 2.54. The normalized spacial score (nSPS) is 27.7. The van der Waals surface area contributed by atoms with Crippen molar-refractivity contribution < 1.29 is 18.4 Å². The summed E-state index contributed by atoms with van der Waals surface area (Å²) in [4.78, 5) is 0. The Morgan fingerprint density at radius 3 is 2.16 bits per heavy atom. The molecule has 0 amide bonds. The molecule has 0 saturated carbocycles. The first-order valence-corrected chi connectivity index (χ1v) is 6.23. The summed E-state index contributed by atoms with van der Waals surface area (Å²) in [6.45, 7) is 5.13. The van der Waals surface area contributed by atoms with Crippen LogP contribution in [0.1, 0.15) is 44.7 Å². The Bertz CT molecular complexity index is 484. The third-order valence-electron chi connectivity index (χ3n) is 4.03. The van der Waals surface area contributed by atoms with E-state index in [1.807, 2.05) is 0 Å². The van der Waals surface area contributed by atoms with Crippen molar-refractivity contribution in [1.29, 1.82) is 0 Å². The fourth-order valence-electron chi connectivity index (χ4n) is 2.86. The first-order chi connectivity index (χ1) is 8.59. The number of rotatable bonds is 1. The number of benzene rings is 1. The second-order valence-corrected chi connectivity index (χ2v) is 5.92. The molecule has 1 radical (unpaired) electrons. The standard InChI is InChI=1S/C14H17F3NO/c1-12(2)8-9-13(3,18(12)19)10-6-4-5-7-11(10)14(15,16)17/h4-7H,8-9H2,1-3H3. The summed E-state index contributed by atoms with van der Waals surface area (Å²) >= 11 is 0. The molecule has 1 aromatic rings. The molecule has 1 atom stereocenters. The minimum absolute atomic E-state index is 0.0723. The molecule has 19 heavy (non-hydrogen) atoms. The molecule has 0 aromatic heterocycles. The van der Waals surface area contributed by atoms with Crippen molar-refractivity contribution in [2.24, 2.45) is 0 Å². The van der Waals surface area contributed by atoms with Crippen LogP contribution in [0.5, 0.6) is 0 Å². The van der Waals surface area contributed by atoms with Crippen LogP contribution in [0.2, 0.25) is 0 Å². The predicted molar refractivity (Wildman–Crippen MR) is 64.6 cm³/mol. The lowest BCUT2D eigenvalue weighted by Gasteiger charge is -2.36. The van der Waals surface area contributed by atoms with Gasteiger partial charge in [0.05, 0.1) is 11.1 Å². The molecular weight excluding hydrogens is 255 g/mol. The number of halogens is 3. The van der Waals surface area contributed by atoms with Crippen molar-refractivity contribution in [2.75, 3.05) is 0 Å². The van der Waals surface area contributed by atoms with Gasteiger partial charge < -0.3 is 0 Å². The van der Waals surface area contributed by atoms with Crippen LogP contribution in [0.3, 0.4) is 0 Å². The van der Waals surface area contributed by atoms with Crippen molar-refractivity contribution in [2.45, 2.75) is 50.9 Å². The van der Waals surface area contributed by atoms with Gasteiger partial charge in [0.25, 0.3) is 0 Å². The quantitative estimate of drug-likeness (QED) is 0.753. The lowest BCUT2D eigenvalue weighted by molar-refractivity contribution is -0.253. The molecule has 1 fully saturated rings. The summed E-state index contributed by atoms with van der Waals surface area (Å²) in [6.07, 6.45) is -3.43.